The number of alkyl halides is 2. The zero-order valence-corrected chi connectivity index (χ0v) is 12.3. The van der Waals surface area contributed by atoms with E-state index < -0.39 is 6.61 Å². The van der Waals surface area contributed by atoms with Gasteiger partial charge in [-0.25, -0.2) is 4.98 Å². The van der Waals surface area contributed by atoms with Gasteiger partial charge in [0.1, 0.15) is 11.6 Å². The first-order chi connectivity index (χ1) is 10.6. The lowest BCUT2D eigenvalue weighted by Gasteiger charge is -2.18. The third-order valence-corrected chi connectivity index (χ3v) is 3.31. The molecule has 6 heteroatoms. The molecule has 0 aliphatic carbocycles. The van der Waals surface area contributed by atoms with Crippen molar-refractivity contribution in [3.05, 3.63) is 53.7 Å². The first kappa shape index (κ1) is 16.2. The summed E-state index contributed by atoms with van der Waals surface area (Å²) in [4.78, 5) is 3.95. The Bertz CT molecular complexity index is 590. The van der Waals surface area contributed by atoms with Gasteiger partial charge in [0.2, 0.25) is 0 Å². The molecule has 0 saturated carbocycles. The van der Waals surface area contributed by atoms with Crippen molar-refractivity contribution in [2.24, 2.45) is 0 Å². The number of nitrogens with one attached hydrogen (secondary N) is 1. The van der Waals surface area contributed by atoms with E-state index >= 15 is 0 Å². The van der Waals surface area contributed by atoms with E-state index in [-0.39, 0.29) is 11.8 Å². The number of hydrogen-bond acceptors (Lipinski definition) is 4. The van der Waals surface area contributed by atoms with Crippen LogP contribution in [0.5, 0.6) is 5.75 Å². The van der Waals surface area contributed by atoms with E-state index in [1.165, 1.54) is 0 Å². The van der Waals surface area contributed by atoms with Gasteiger partial charge in [0.15, 0.2) is 0 Å². The molecule has 0 radical (unpaired) electrons. The monoisotopic (exact) mass is 307 g/mol. The topological polar surface area (TPSA) is 60.2 Å². The van der Waals surface area contributed by atoms with Crippen LogP contribution in [0.25, 0.3) is 0 Å². The Kier molecular flexibility index (Phi) is 5.66. The summed E-state index contributed by atoms with van der Waals surface area (Å²) in [5.41, 5.74) is 7.72. The standard InChI is InChI=1S/C16H19F2N3O/c1-2-14(21-10-11-7-8-20-15(19)9-11)12-3-5-13(6-4-12)22-16(17)18/h3-9,14,16,21H,2,10H2,1H3,(H2,19,20)/t14-/m1/s1. The van der Waals surface area contributed by atoms with Crippen molar-refractivity contribution >= 4 is 5.82 Å². The number of anilines is 1. The minimum absolute atomic E-state index is 0.120. The number of rotatable bonds is 7. The van der Waals surface area contributed by atoms with Gasteiger partial charge in [0, 0.05) is 18.8 Å². The van der Waals surface area contributed by atoms with Crippen molar-refractivity contribution < 1.29 is 13.5 Å². The Labute approximate surface area is 128 Å². The van der Waals surface area contributed by atoms with Gasteiger partial charge in [0.05, 0.1) is 0 Å². The smallest absolute Gasteiger partial charge is 0.387 e. The number of nitrogens with two attached hydrogens (primary N) is 1. The predicted molar refractivity (Wildman–Crippen MR) is 81.6 cm³/mol. The molecule has 118 valence electrons. The molecule has 2 aromatic rings. The molecule has 0 bridgehead atoms. The Balaban J connectivity index is 1.98. The molecule has 0 aliphatic heterocycles. The number of aromatic nitrogens is 1. The lowest BCUT2D eigenvalue weighted by molar-refractivity contribution is -0.0498. The van der Waals surface area contributed by atoms with Gasteiger partial charge in [-0.1, -0.05) is 19.1 Å². The van der Waals surface area contributed by atoms with Gasteiger partial charge >= 0.3 is 6.61 Å². The number of benzene rings is 1. The second-order valence-electron chi connectivity index (χ2n) is 4.88. The van der Waals surface area contributed by atoms with E-state index in [4.69, 9.17) is 5.73 Å². The molecule has 3 N–H and O–H groups in total. The Morgan fingerprint density at radius 1 is 1.23 bits per heavy atom. The molecule has 4 nitrogen and oxygen atoms in total. The normalized spacial score (nSPS) is 12.4. The maximum Gasteiger partial charge on any atom is 0.387 e. The highest BCUT2D eigenvalue weighted by Gasteiger charge is 2.10. The summed E-state index contributed by atoms with van der Waals surface area (Å²) in [5.74, 6) is 0.649. The van der Waals surface area contributed by atoms with Gasteiger partial charge in [-0.15, -0.1) is 0 Å². The average Bonchev–Trinajstić information content (AvgIpc) is 2.49. The van der Waals surface area contributed by atoms with Crippen molar-refractivity contribution in [2.75, 3.05) is 5.73 Å². The quantitative estimate of drug-likeness (QED) is 0.822. The molecule has 2 rings (SSSR count). The summed E-state index contributed by atoms with van der Waals surface area (Å²) in [5, 5.41) is 3.42. The fourth-order valence-electron chi connectivity index (χ4n) is 2.22. The first-order valence-corrected chi connectivity index (χ1v) is 7.07. The van der Waals surface area contributed by atoms with Gasteiger partial charge in [-0.3, -0.25) is 0 Å². The maximum absolute atomic E-state index is 12.1. The zero-order chi connectivity index (χ0) is 15.9. The number of nitrogens with zero attached hydrogens (tertiary/aromatic N) is 1. The van der Waals surface area contributed by atoms with E-state index in [0.29, 0.717) is 12.4 Å². The van der Waals surface area contributed by atoms with Crippen molar-refractivity contribution in [1.29, 1.82) is 0 Å². The van der Waals surface area contributed by atoms with Gasteiger partial charge in [0.25, 0.3) is 0 Å². The molecule has 1 aromatic heterocycles. The zero-order valence-electron chi connectivity index (χ0n) is 12.3. The summed E-state index contributed by atoms with van der Waals surface area (Å²) in [6.07, 6.45) is 2.54. The fourth-order valence-corrected chi connectivity index (χ4v) is 2.22. The van der Waals surface area contributed by atoms with Crippen molar-refractivity contribution in [2.45, 2.75) is 32.5 Å². The lowest BCUT2D eigenvalue weighted by atomic mass is 10.0. The number of ether oxygens (including phenoxy) is 1. The largest absolute Gasteiger partial charge is 0.435 e. The Morgan fingerprint density at radius 2 is 1.95 bits per heavy atom. The predicted octanol–water partition coefficient (Wildman–Crippen LogP) is 3.51. The van der Waals surface area contributed by atoms with E-state index in [0.717, 1.165) is 17.5 Å². The summed E-state index contributed by atoms with van der Waals surface area (Å²) in [6, 6.07) is 10.5. The third kappa shape index (κ3) is 4.66. The molecule has 0 aliphatic rings. The van der Waals surface area contributed by atoms with Gasteiger partial charge in [-0.2, -0.15) is 8.78 Å². The number of pyridine rings is 1. The lowest BCUT2D eigenvalue weighted by Crippen LogP contribution is -2.20. The van der Waals surface area contributed by atoms with E-state index in [1.807, 2.05) is 12.1 Å². The van der Waals surface area contributed by atoms with Crippen LogP contribution < -0.4 is 15.8 Å². The molecule has 0 fully saturated rings. The molecule has 1 atom stereocenters. The van der Waals surface area contributed by atoms with Crippen LogP contribution in [-0.4, -0.2) is 11.6 Å². The highest BCUT2D eigenvalue weighted by atomic mass is 19.3. The molecule has 1 aromatic carbocycles. The summed E-state index contributed by atoms with van der Waals surface area (Å²) in [6.45, 7) is -0.0917. The molecule has 0 saturated heterocycles. The van der Waals surface area contributed by atoms with E-state index in [1.54, 1.807) is 30.5 Å². The SMILES string of the molecule is CC[C@@H](NCc1ccnc(N)c1)c1ccc(OC(F)F)cc1. The minimum atomic E-state index is -2.80. The minimum Gasteiger partial charge on any atom is -0.435 e. The van der Waals surface area contributed by atoms with Gasteiger partial charge in [-0.05, 0) is 41.8 Å². The first-order valence-electron chi connectivity index (χ1n) is 7.07. The molecule has 0 unspecified atom stereocenters. The van der Waals surface area contributed by atoms with Crippen LogP contribution in [0.15, 0.2) is 42.6 Å². The third-order valence-electron chi connectivity index (χ3n) is 3.31. The van der Waals surface area contributed by atoms with Crippen LogP contribution in [-0.2, 0) is 6.54 Å². The van der Waals surface area contributed by atoms with E-state index in [9.17, 15) is 8.78 Å². The van der Waals surface area contributed by atoms with Crippen LogP contribution >= 0.6 is 0 Å². The van der Waals surface area contributed by atoms with E-state index in [2.05, 4.69) is 22.0 Å². The maximum atomic E-state index is 12.1. The highest BCUT2D eigenvalue weighted by molar-refractivity contribution is 5.32. The van der Waals surface area contributed by atoms with Crippen molar-refractivity contribution in [3.8, 4) is 5.75 Å². The Morgan fingerprint density at radius 3 is 2.55 bits per heavy atom. The number of nitrogen functional groups attached to an aromatic ring is 1. The molecule has 0 spiro atoms. The second kappa shape index (κ2) is 7.70. The summed E-state index contributed by atoms with van der Waals surface area (Å²) >= 11 is 0. The number of hydrogen-bond donors (Lipinski definition) is 2. The molecule has 1 heterocycles. The van der Waals surface area contributed by atoms with Crippen molar-refractivity contribution in [1.82, 2.24) is 10.3 Å². The van der Waals surface area contributed by atoms with Crippen LogP contribution in [0, 0.1) is 0 Å². The summed E-state index contributed by atoms with van der Waals surface area (Å²) < 4.78 is 28.6. The molecular weight excluding hydrogens is 288 g/mol. The number of halogens is 2. The molecular formula is C16H19F2N3O. The van der Waals surface area contributed by atoms with Crippen LogP contribution in [0.1, 0.15) is 30.5 Å². The van der Waals surface area contributed by atoms with Crippen molar-refractivity contribution in [3.63, 3.8) is 0 Å². The summed E-state index contributed by atoms with van der Waals surface area (Å²) in [7, 11) is 0. The van der Waals surface area contributed by atoms with Crippen LogP contribution in [0.2, 0.25) is 0 Å². The van der Waals surface area contributed by atoms with Crippen LogP contribution in [0.4, 0.5) is 14.6 Å². The average molecular weight is 307 g/mol. The highest BCUT2D eigenvalue weighted by Crippen LogP contribution is 2.21. The van der Waals surface area contributed by atoms with Crippen LogP contribution in [0.3, 0.4) is 0 Å². The molecule has 22 heavy (non-hydrogen) atoms. The van der Waals surface area contributed by atoms with Gasteiger partial charge < -0.3 is 15.8 Å². The molecule has 0 amide bonds. The Hall–Kier alpha value is -2.21. The second-order valence-corrected chi connectivity index (χ2v) is 4.88. The fraction of sp³-hybridized carbons (Fsp3) is 0.312.